The maximum atomic E-state index is 12.1. The molecular weight excluding hydrogens is 260 g/mol. The van der Waals surface area contributed by atoms with Crippen LogP contribution in [0.3, 0.4) is 0 Å². The molecule has 1 aromatic rings. The fraction of sp³-hybridized carbons (Fsp3) is 0.357. The second kappa shape index (κ2) is 6.18. The summed E-state index contributed by atoms with van der Waals surface area (Å²) in [6, 6.07) is 6.44. The monoisotopic (exact) mass is 278 g/mol. The number of carbonyl (C=O) groups excluding carboxylic acids is 3. The molecule has 2 N–H and O–H groups in total. The van der Waals surface area contributed by atoms with Gasteiger partial charge in [-0.3, -0.25) is 9.59 Å². The molecule has 0 saturated heterocycles. The van der Waals surface area contributed by atoms with Gasteiger partial charge in [0.1, 0.15) is 5.54 Å². The van der Waals surface area contributed by atoms with Crippen molar-refractivity contribution in [2.75, 3.05) is 12.4 Å². The largest absolute Gasteiger partial charge is 0.467 e. The van der Waals surface area contributed by atoms with Crippen LogP contribution in [0.15, 0.2) is 24.3 Å². The van der Waals surface area contributed by atoms with Gasteiger partial charge in [-0.05, 0) is 32.0 Å². The van der Waals surface area contributed by atoms with E-state index in [1.807, 2.05) is 0 Å². The molecule has 0 spiro atoms. The Hall–Kier alpha value is -2.37. The molecular formula is C14H18N2O4. The van der Waals surface area contributed by atoms with Crippen molar-refractivity contribution in [2.45, 2.75) is 26.3 Å². The smallest absolute Gasteiger partial charge is 0.330 e. The summed E-state index contributed by atoms with van der Waals surface area (Å²) >= 11 is 0. The van der Waals surface area contributed by atoms with Gasteiger partial charge >= 0.3 is 5.97 Å². The van der Waals surface area contributed by atoms with Gasteiger partial charge in [-0.2, -0.15) is 0 Å². The summed E-state index contributed by atoms with van der Waals surface area (Å²) in [5.74, 6) is -1.19. The van der Waals surface area contributed by atoms with Gasteiger partial charge in [0.2, 0.25) is 5.91 Å². The molecule has 0 heterocycles. The van der Waals surface area contributed by atoms with Crippen LogP contribution in [-0.4, -0.2) is 30.4 Å². The number of hydrogen-bond donors (Lipinski definition) is 2. The lowest BCUT2D eigenvalue weighted by atomic mass is 10.0. The summed E-state index contributed by atoms with van der Waals surface area (Å²) in [5.41, 5.74) is -0.273. The molecule has 108 valence electrons. The van der Waals surface area contributed by atoms with E-state index < -0.39 is 17.4 Å². The first-order valence-corrected chi connectivity index (χ1v) is 6.05. The van der Waals surface area contributed by atoms with Crippen LogP contribution in [0.5, 0.6) is 0 Å². The molecule has 0 unspecified atom stereocenters. The Balaban J connectivity index is 2.87. The van der Waals surface area contributed by atoms with Crippen molar-refractivity contribution >= 4 is 23.5 Å². The van der Waals surface area contributed by atoms with Crippen LogP contribution < -0.4 is 10.6 Å². The second-order valence-corrected chi connectivity index (χ2v) is 4.83. The van der Waals surface area contributed by atoms with Gasteiger partial charge in [0.05, 0.1) is 7.11 Å². The van der Waals surface area contributed by atoms with Gasteiger partial charge < -0.3 is 15.4 Å². The third kappa shape index (κ3) is 4.08. The van der Waals surface area contributed by atoms with E-state index in [-0.39, 0.29) is 5.91 Å². The number of methoxy groups -OCH3 is 1. The molecule has 1 aromatic carbocycles. The number of esters is 1. The standard InChI is InChI=1S/C14H18N2O4/c1-9(17)15-11-7-5-6-10(8-11)12(18)16-14(2,3)13(19)20-4/h5-8H,1-4H3,(H,15,17)(H,16,18). The number of benzene rings is 1. The number of rotatable bonds is 4. The molecule has 20 heavy (non-hydrogen) atoms. The molecule has 2 amide bonds. The molecule has 0 aromatic heterocycles. The van der Waals surface area contributed by atoms with Gasteiger partial charge in [0, 0.05) is 18.2 Å². The first-order chi connectivity index (χ1) is 9.26. The van der Waals surface area contributed by atoms with Gasteiger partial charge in [-0.15, -0.1) is 0 Å². The lowest BCUT2D eigenvalue weighted by Gasteiger charge is -2.23. The number of amides is 2. The predicted octanol–water partition coefficient (Wildman–Crippen LogP) is 1.33. The van der Waals surface area contributed by atoms with Crippen LogP contribution in [0.4, 0.5) is 5.69 Å². The average Bonchev–Trinajstić information content (AvgIpc) is 2.36. The average molecular weight is 278 g/mol. The number of carbonyl (C=O) groups is 3. The zero-order valence-corrected chi connectivity index (χ0v) is 11.9. The third-order valence-electron chi connectivity index (χ3n) is 2.57. The number of anilines is 1. The van der Waals surface area contributed by atoms with Crippen LogP contribution >= 0.6 is 0 Å². The van der Waals surface area contributed by atoms with Gasteiger partial charge in [0.25, 0.3) is 5.91 Å². The molecule has 0 saturated carbocycles. The molecule has 1 rings (SSSR count). The maximum Gasteiger partial charge on any atom is 0.330 e. The van der Waals surface area contributed by atoms with E-state index >= 15 is 0 Å². The van der Waals surface area contributed by atoms with E-state index in [1.165, 1.54) is 20.1 Å². The maximum absolute atomic E-state index is 12.1. The number of hydrogen-bond acceptors (Lipinski definition) is 4. The lowest BCUT2D eigenvalue weighted by Crippen LogP contribution is -2.50. The highest BCUT2D eigenvalue weighted by Gasteiger charge is 2.30. The van der Waals surface area contributed by atoms with Crippen molar-refractivity contribution < 1.29 is 19.1 Å². The van der Waals surface area contributed by atoms with Crippen LogP contribution in [0.2, 0.25) is 0 Å². The minimum atomic E-state index is -1.13. The van der Waals surface area contributed by atoms with E-state index in [9.17, 15) is 14.4 Å². The highest BCUT2D eigenvalue weighted by Crippen LogP contribution is 2.12. The zero-order chi connectivity index (χ0) is 15.3. The molecule has 0 aliphatic rings. The highest BCUT2D eigenvalue weighted by atomic mass is 16.5. The van der Waals surface area contributed by atoms with Crippen molar-refractivity contribution in [3.63, 3.8) is 0 Å². The van der Waals surface area contributed by atoms with E-state index in [0.717, 1.165) is 0 Å². The quantitative estimate of drug-likeness (QED) is 0.814. The van der Waals surface area contributed by atoms with E-state index in [2.05, 4.69) is 15.4 Å². The van der Waals surface area contributed by atoms with Crippen molar-refractivity contribution in [1.82, 2.24) is 5.32 Å². The topological polar surface area (TPSA) is 84.5 Å². The van der Waals surface area contributed by atoms with Crippen LogP contribution in [0, 0.1) is 0 Å². The Bertz CT molecular complexity index is 538. The molecule has 6 heteroatoms. The molecule has 6 nitrogen and oxygen atoms in total. The first kappa shape index (κ1) is 15.7. The summed E-state index contributed by atoms with van der Waals surface area (Å²) in [6.45, 7) is 4.48. The first-order valence-electron chi connectivity index (χ1n) is 6.05. The van der Waals surface area contributed by atoms with Gasteiger partial charge in [0.15, 0.2) is 0 Å². The zero-order valence-electron chi connectivity index (χ0n) is 11.9. The van der Waals surface area contributed by atoms with E-state index in [4.69, 9.17) is 0 Å². The van der Waals surface area contributed by atoms with Crippen molar-refractivity contribution in [2.24, 2.45) is 0 Å². The summed E-state index contributed by atoms with van der Waals surface area (Å²) in [7, 11) is 1.26. The van der Waals surface area contributed by atoms with Gasteiger partial charge in [-0.25, -0.2) is 4.79 Å². The van der Waals surface area contributed by atoms with E-state index in [0.29, 0.717) is 11.3 Å². The van der Waals surface area contributed by atoms with Crippen molar-refractivity contribution in [3.8, 4) is 0 Å². The SMILES string of the molecule is COC(=O)C(C)(C)NC(=O)c1cccc(NC(C)=O)c1. The molecule has 0 fully saturated rings. The molecule has 0 aliphatic carbocycles. The predicted molar refractivity (Wildman–Crippen MR) is 74.3 cm³/mol. The lowest BCUT2D eigenvalue weighted by molar-refractivity contribution is -0.146. The summed E-state index contributed by atoms with van der Waals surface area (Å²) < 4.78 is 4.62. The number of ether oxygens (including phenoxy) is 1. The van der Waals surface area contributed by atoms with Gasteiger partial charge in [-0.1, -0.05) is 6.07 Å². The molecule has 0 atom stereocenters. The van der Waals surface area contributed by atoms with Crippen LogP contribution in [0.1, 0.15) is 31.1 Å². The fourth-order valence-electron chi connectivity index (χ4n) is 1.60. The minimum absolute atomic E-state index is 0.225. The fourth-order valence-corrected chi connectivity index (χ4v) is 1.60. The normalized spacial score (nSPS) is 10.6. The molecule has 0 aliphatic heterocycles. The Labute approximate surface area is 117 Å². The summed E-state index contributed by atoms with van der Waals surface area (Å²) in [5, 5.41) is 5.16. The Morgan fingerprint density at radius 1 is 1.20 bits per heavy atom. The van der Waals surface area contributed by atoms with Crippen molar-refractivity contribution in [1.29, 1.82) is 0 Å². The summed E-state index contributed by atoms with van der Waals surface area (Å²) in [6.07, 6.45) is 0. The minimum Gasteiger partial charge on any atom is -0.467 e. The van der Waals surface area contributed by atoms with Crippen LogP contribution in [-0.2, 0) is 14.3 Å². The molecule has 0 bridgehead atoms. The Morgan fingerprint density at radius 2 is 1.85 bits per heavy atom. The highest BCUT2D eigenvalue weighted by molar-refractivity contribution is 5.99. The van der Waals surface area contributed by atoms with Crippen LogP contribution in [0.25, 0.3) is 0 Å². The van der Waals surface area contributed by atoms with Crippen molar-refractivity contribution in [3.05, 3.63) is 29.8 Å². The second-order valence-electron chi connectivity index (χ2n) is 4.83. The Kier molecular flexibility index (Phi) is 4.85. The summed E-state index contributed by atoms with van der Waals surface area (Å²) in [4.78, 5) is 34.6. The number of nitrogens with one attached hydrogen (secondary N) is 2. The molecule has 0 radical (unpaired) electrons. The van der Waals surface area contributed by atoms with E-state index in [1.54, 1.807) is 32.0 Å². The third-order valence-corrected chi connectivity index (χ3v) is 2.57. The Morgan fingerprint density at radius 3 is 2.40 bits per heavy atom.